The fraction of sp³-hybridized carbons (Fsp3) is 0.471. The highest BCUT2D eigenvalue weighted by Crippen LogP contribution is 2.16. The molecule has 1 rings (SSSR count). The molecule has 0 radical (unpaired) electrons. The summed E-state index contributed by atoms with van der Waals surface area (Å²) in [6, 6.07) is 6.37. The minimum Gasteiger partial charge on any atom is -0.465 e. The fourth-order valence-corrected chi connectivity index (χ4v) is 1.98. The van der Waals surface area contributed by atoms with Gasteiger partial charge >= 0.3 is 5.97 Å². The predicted molar refractivity (Wildman–Crippen MR) is 88.3 cm³/mol. The summed E-state index contributed by atoms with van der Waals surface area (Å²) in [6.45, 7) is 6.10. The molecule has 0 aliphatic heterocycles. The topological polar surface area (TPSA) is 75.7 Å². The monoisotopic (exact) mass is 320 g/mol. The molecule has 0 unspecified atom stereocenters. The summed E-state index contributed by atoms with van der Waals surface area (Å²) in [5, 5.41) is 2.80. The average molecular weight is 320 g/mol. The molecule has 0 aromatic heterocycles. The number of hydrogen-bond acceptors (Lipinski definition) is 4. The van der Waals surface area contributed by atoms with Crippen LogP contribution in [0, 0.1) is 5.92 Å². The van der Waals surface area contributed by atoms with Gasteiger partial charge in [0.25, 0.3) is 0 Å². The van der Waals surface area contributed by atoms with Crippen molar-refractivity contribution in [2.24, 2.45) is 5.92 Å². The van der Waals surface area contributed by atoms with E-state index in [0.717, 1.165) is 6.42 Å². The Morgan fingerprint density at radius 3 is 2.26 bits per heavy atom. The van der Waals surface area contributed by atoms with Crippen molar-refractivity contribution in [1.29, 1.82) is 0 Å². The van der Waals surface area contributed by atoms with Gasteiger partial charge in [-0.15, -0.1) is 0 Å². The summed E-state index contributed by atoms with van der Waals surface area (Å²) in [7, 11) is 1.31. The number of anilines is 1. The first kappa shape index (κ1) is 18.7. The SMILES string of the molecule is COC(=O)c1ccc(N(CC(=O)NCCC(C)C)C(C)=O)cc1. The van der Waals surface area contributed by atoms with Gasteiger partial charge in [0.15, 0.2) is 0 Å². The van der Waals surface area contributed by atoms with Crippen LogP contribution in [0.1, 0.15) is 37.6 Å². The van der Waals surface area contributed by atoms with Crippen LogP contribution in [0.15, 0.2) is 24.3 Å². The van der Waals surface area contributed by atoms with Crippen molar-refractivity contribution < 1.29 is 19.1 Å². The number of hydrogen-bond donors (Lipinski definition) is 1. The number of carbonyl (C=O) groups excluding carboxylic acids is 3. The van der Waals surface area contributed by atoms with Crippen LogP contribution < -0.4 is 10.2 Å². The second-order valence-electron chi connectivity index (χ2n) is 5.68. The van der Waals surface area contributed by atoms with Crippen LogP contribution in [0.3, 0.4) is 0 Å². The zero-order chi connectivity index (χ0) is 17.4. The predicted octanol–water partition coefficient (Wildman–Crippen LogP) is 1.99. The Morgan fingerprint density at radius 2 is 1.78 bits per heavy atom. The summed E-state index contributed by atoms with van der Waals surface area (Å²) >= 11 is 0. The third-order valence-corrected chi connectivity index (χ3v) is 3.33. The van der Waals surface area contributed by atoms with Gasteiger partial charge in [0.1, 0.15) is 6.54 Å². The quantitative estimate of drug-likeness (QED) is 0.780. The largest absolute Gasteiger partial charge is 0.465 e. The summed E-state index contributed by atoms with van der Waals surface area (Å²) < 4.78 is 4.63. The number of methoxy groups -OCH3 is 1. The Balaban J connectivity index is 2.73. The molecule has 1 aromatic rings. The van der Waals surface area contributed by atoms with E-state index in [1.165, 1.54) is 18.9 Å². The zero-order valence-corrected chi connectivity index (χ0v) is 14.1. The third-order valence-electron chi connectivity index (χ3n) is 3.33. The second kappa shape index (κ2) is 8.92. The van der Waals surface area contributed by atoms with Gasteiger partial charge in [-0.1, -0.05) is 13.8 Å². The van der Waals surface area contributed by atoms with E-state index in [0.29, 0.717) is 23.7 Å². The van der Waals surface area contributed by atoms with Crippen molar-refractivity contribution in [3.05, 3.63) is 29.8 Å². The molecule has 126 valence electrons. The molecule has 0 heterocycles. The Bertz CT molecular complexity index is 552. The van der Waals surface area contributed by atoms with E-state index in [9.17, 15) is 14.4 Å². The minimum absolute atomic E-state index is 0.0506. The smallest absolute Gasteiger partial charge is 0.337 e. The van der Waals surface area contributed by atoms with Crippen LogP contribution in [0.25, 0.3) is 0 Å². The Hall–Kier alpha value is -2.37. The molecule has 0 spiro atoms. The van der Waals surface area contributed by atoms with Gasteiger partial charge in [-0.2, -0.15) is 0 Å². The lowest BCUT2D eigenvalue weighted by molar-refractivity contribution is -0.123. The second-order valence-corrected chi connectivity index (χ2v) is 5.68. The van der Waals surface area contributed by atoms with E-state index in [1.807, 2.05) is 0 Å². The van der Waals surface area contributed by atoms with Crippen LogP contribution in [-0.4, -0.2) is 38.0 Å². The van der Waals surface area contributed by atoms with Crippen molar-refractivity contribution >= 4 is 23.5 Å². The van der Waals surface area contributed by atoms with Crippen molar-refractivity contribution in [2.45, 2.75) is 27.2 Å². The zero-order valence-electron chi connectivity index (χ0n) is 14.1. The molecule has 23 heavy (non-hydrogen) atoms. The molecule has 2 amide bonds. The third kappa shape index (κ3) is 6.10. The molecule has 0 aliphatic rings. The molecular weight excluding hydrogens is 296 g/mol. The van der Waals surface area contributed by atoms with Gasteiger partial charge < -0.3 is 15.0 Å². The summed E-state index contributed by atoms with van der Waals surface area (Å²) in [4.78, 5) is 36.5. The maximum absolute atomic E-state index is 12.0. The lowest BCUT2D eigenvalue weighted by atomic mass is 10.1. The molecule has 0 saturated heterocycles. The Morgan fingerprint density at radius 1 is 1.17 bits per heavy atom. The van der Waals surface area contributed by atoms with E-state index in [-0.39, 0.29) is 18.4 Å². The normalized spacial score (nSPS) is 10.3. The summed E-state index contributed by atoms with van der Waals surface area (Å²) in [5.74, 6) is -0.393. The highest BCUT2D eigenvalue weighted by molar-refractivity contribution is 5.98. The van der Waals surface area contributed by atoms with Crippen molar-refractivity contribution in [3.63, 3.8) is 0 Å². The molecule has 0 aliphatic carbocycles. The molecule has 1 N–H and O–H groups in total. The first-order valence-electron chi connectivity index (χ1n) is 7.58. The summed E-state index contributed by atoms with van der Waals surface area (Å²) in [6.07, 6.45) is 0.889. The van der Waals surface area contributed by atoms with Gasteiger partial charge in [-0.25, -0.2) is 4.79 Å². The summed E-state index contributed by atoms with van der Waals surface area (Å²) in [5.41, 5.74) is 0.949. The Labute approximate surface area is 136 Å². The van der Waals surface area contributed by atoms with Crippen molar-refractivity contribution in [2.75, 3.05) is 25.1 Å². The van der Waals surface area contributed by atoms with Gasteiger partial charge in [-0.3, -0.25) is 9.59 Å². The van der Waals surface area contributed by atoms with E-state index in [4.69, 9.17) is 0 Å². The highest BCUT2D eigenvalue weighted by Gasteiger charge is 2.16. The van der Waals surface area contributed by atoms with Gasteiger partial charge in [0.05, 0.1) is 12.7 Å². The van der Waals surface area contributed by atoms with E-state index in [1.54, 1.807) is 24.3 Å². The first-order chi connectivity index (χ1) is 10.8. The number of amides is 2. The maximum atomic E-state index is 12.0. The number of nitrogens with zero attached hydrogens (tertiary/aromatic N) is 1. The van der Waals surface area contributed by atoms with Crippen molar-refractivity contribution in [3.8, 4) is 0 Å². The lowest BCUT2D eigenvalue weighted by Gasteiger charge is -2.21. The number of nitrogens with one attached hydrogen (secondary N) is 1. The molecule has 0 atom stereocenters. The van der Waals surface area contributed by atoms with Crippen LogP contribution in [0.4, 0.5) is 5.69 Å². The molecular formula is C17H24N2O4. The Kier molecular flexibility index (Phi) is 7.25. The minimum atomic E-state index is -0.447. The van der Waals surface area contributed by atoms with Crippen LogP contribution in [-0.2, 0) is 14.3 Å². The molecule has 0 fully saturated rings. The average Bonchev–Trinajstić information content (AvgIpc) is 2.51. The van der Waals surface area contributed by atoms with Crippen molar-refractivity contribution in [1.82, 2.24) is 5.32 Å². The lowest BCUT2D eigenvalue weighted by Crippen LogP contribution is -2.40. The molecule has 0 saturated carbocycles. The van der Waals surface area contributed by atoms with E-state index < -0.39 is 5.97 Å². The number of esters is 1. The van der Waals surface area contributed by atoms with Gasteiger partial charge in [0, 0.05) is 19.2 Å². The number of ether oxygens (including phenoxy) is 1. The molecule has 6 nitrogen and oxygen atoms in total. The number of carbonyl (C=O) groups is 3. The van der Waals surface area contributed by atoms with E-state index >= 15 is 0 Å². The van der Waals surface area contributed by atoms with Crippen LogP contribution in [0.2, 0.25) is 0 Å². The maximum Gasteiger partial charge on any atom is 0.337 e. The fourth-order valence-electron chi connectivity index (χ4n) is 1.98. The van der Waals surface area contributed by atoms with Gasteiger partial charge in [0.2, 0.25) is 11.8 Å². The van der Waals surface area contributed by atoms with E-state index in [2.05, 4.69) is 23.9 Å². The van der Waals surface area contributed by atoms with Crippen LogP contribution >= 0.6 is 0 Å². The molecule has 6 heteroatoms. The van der Waals surface area contributed by atoms with Crippen LogP contribution in [0.5, 0.6) is 0 Å². The number of benzene rings is 1. The highest BCUT2D eigenvalue weighted by atomic mass is 16.5. The first-order valence-corrected chi connectivity index (χ1v) is 7.58. The number of rotatable bonds is 7. The van der Waals surface area contributed by atoms with Gasteiger partial charge in [-0.05, 0) is 36.6 Å². The standard InChI is InChI=1S/C17H24N2O4/c1-12(2)9-10-18-16(21)11-19(13(3)20)15-7-5-14(6-8-15)17(22)23-4/h5-8,12H,9-11H2,1-4H3,(H,18,21). The molecule has 1 aromatic carbocycles. The molecule has 0 bridgehead atoms.